The van der Waals surface area contributed by atoms with Crippen LogP contribution in [0.1, 0.15) is 13.3 Å². The molecule has 0 spiro atoms. The Hall–Kier alpha value is -0.0200. The van der Waals surface area contributed by atoms with E-state index in [1.165, 1.54) is 6.07 Å². The largest absolute Gasteiger partial charge is 0.313 e. The van der Waals surface area contributed by atoms with Crippen LogP contribution in [-0.4, -0.2) is 27.0 Å². The van der Waals surface area contributed by atoms with Gasteiger partial charge in [-0.05, 0) is 57.3 Å². The Labute approximate surface area is 128 Å². The Morgan fingerprint density at radius 3 is 2.63 bits per heavy atom. The third kappa shape index (κ3) is 3.55. The molecular weight excluding hydrogens is 403 g/mol. The predicted octanol–water partition coefficient (Wildman–Crippen LogP) is 2.38. The number of sulfonamides is 1. The van der Waals surface area contributed by atoms with Crippen molar-refractivity contribution in [3.63, 3.8) is 0 Å². The van der Waals surface area contributed by atoms with Crippen LogP contribution in [0.5, 0.6) is 0 Å². The fourth-order valence-corrected chi connectivity index (χ4v) is 4.80. The molecule has 1 aromatic rings. The van der Waals surface area contributed by atoms with Crippen LogP contribution in [0.4, 0.5) is 4.39 Å². The number of benzene rings is 1. The molecule has 106 valence electrons. The van der Waals surface area contributed by atoms with Crippen LogP contribution in [0, 0.1) is 5.82 Å². The maximum atomic E-state index is 13.3. The monoisotopic (exact) mass is 414 g/mol. The van der Waals surface area contributed by atoms with Gasteiger partial charge in [-0.15, -0.1) is 0 Å². The zero-order chi connectivity index (χ0) is 14.2. The highest BCUT2D eigenvalue weighted by Crippen LogP contribution is 2.28. The lowest BCUT2D eigenvalue weighted by Gasteiger charge is -2.13. The highest BCUT2D eigenvalue weighted by atomic mass is 79.9. The Morgan fingerprint density at radius 1 is 1.37 bits per heavy atom. The Morgan fingerprint density at radius 2 is 2.05 bits per heavy atom. The van der Waals surface area contributed by atoms with Gasteiger partial charge in [-0.25, -0.2) is 17.5 Å². The summed E-state index contributed by atoms with van der Waals surface area (Å²) in [4.78, 5) is 0.0281. The minimum atomic E-state index is -3.67. The summed E-state index contributed by atoms with van der Waals surface area (Å²) in [5.74, 6) is -0.512. The molecule has 4 nitrogen and oxygen atoms in total. The highest BCUT2D eigenvalue weighted by Gasteiger charge is 2.27. The lowest BCUT2D eigenvalue weighted by atomic mass is 10.2. The molecule has 2 unspecified atom stereocenters. The van der Waals surface area contributed by atoms with Crippen molar-refractivity contribution < 1.29 is 12.8 Å². The second-order valence-corrected chi connectivity index (χ2v) is 7.95. The van der Waals surface area contributed by atoms with E-state index in [4.69, 9.17) is 0 Å². The predicted molar refractivity (Wildman–Crippen MR) is 78.0 cm³/mol. The van der Waals surface area contributed by atoms with Crippen LogP contribution >= 0.6 is 31.9 Å². The first-order valence-corrected chi connectivity index (χ1v) is 8.77. The maximum absolute atomic E-state index is 13.3. The summed E-state index contributed by atoms with van der Waals surface area (Å²) in [6, 6.07) is 2.54. The normalized spacial score (nSPS) is 23.8. The van der Waals surface area contributed by atoms with E-state index in [0.29, 0.717) is 6.54 Å². The molecule has 2 atom stereocenters. The van der Waals surface area contributed by atoms with Gasteiger partial charge in [0.15, 0.2) is 0 Å². The van der Waals surface area contributed by atoms with Gasteiger partial charge in [-0.1, -0.05) is 0 Å². The molecule has 1 aromatic carbocycles. The van der Waals surface area contributed by atoms with E-state index in [1.54, 1.807) is 0 Å². The van der Waals surface area contributed by atoms with Crippen LogP contribution in [0.25, 0.3) is 0 Å². The standard InChI is InChI=1S/C11H13Br2FN2O2S/c1-6-2-7(5-15-6)16-19(17,18)11-4-8(12)10(14)3-9(11)13/h3-4,6-7,15-16H,2,5H2,1H3. The van der Waals surface area contributed by atoms with Crippen molar-refractivity contribution in [2.24, 2.45) is 0 Å². The van der Waals surface area contributed by atoms with E-state index in [2.05, 4.69) is 41.9 Å². The third-order valence-electron chi connectivity index (χ3n) is 2.94. The summed E-state index contributed by atoms with van der Waals surface area (Å²) in [5.41, 5.74) is 0. The molecule has 0 aromatic heterocycles. The summed E-state index contributed by atoms with van der Waals surface area (Å²) >= 11 is 6.08. The van der Waals surface area contributed by atoms with Crippen molar-refractivity contribution in [2.75, 3.05) is 6.54 Å². The Bertz CT molecular complexity index is 595. The van der Waals surface area contributed by atoms with E-state index >= 15 is 0 Å². The van der Waals surface area contributed by atoms with Gasteiger partial charge in [0, 0.05) is 23.1 Å². The summed E-state index contributed by atoms with van der Waals surface area (Å²) < 4.78 is 40.8. The van der Waals surface area contributed by atoms with Gasteiger partial charge in [-0.2, -0.15) is 0 Å². The lowest BCUT2D eigenvalue weighted by Crippen LogP contribution is -2.36. The quantitative estimate of drug-likeness (QED) is 0.745. The van der Waals surface area contributed by atoms with Gasteiger partial charge in [0.05, 0.1) is 9.37 Å². The van der Waals surface area contributed by atoms with Crippen LogP contribution < -0.4 is 10.0 Å². The summed E-state index contributed by atoms with van der Waals surface area (Å²) in [6.45, 7) is 2.60. The first-order chi connectivity index (χ1) is 8.79. The molecule has 1 fully saturated rings. The van der Waals surface area contributed by atoms with Crippen molar-refractivity contribution in [3.8, 4) is 0 Å². The molecule has 1 aliphatic heterocycles. The zero-order valence-corrected chi connectivity index (χ0v) is 14.1. The summed E-state index contributed by atoms with van der Waals surface area (Å²) in [6.07, 6.45) is 0.735. The molecule has 0 saturated carbocycles. The van der Waals surface area contributed by atoms with Crippen LogP contribution in [0.3, 0.4) is 0 Å². The number of hydrogen-bond donors (Lipinski definition) is 2. The van der Waals surface area contributed by atoms with Crippen molar-refractivity contribution in [2.45, 2.75) is 30.3 Å². The number of nitrogens with one attached hydrogen (secondary N) is 2. The van der Waals surface area contributed by atoms with E-state index in [0.717, 1.165) is 12.5 Å². The first kappa shape index (κ1) is 15.4. The van der Waals surface area contributed by atoms with E-state index in [-0.39, 0.29) is 25.9 Å². The Balaban J connectivity index is 2.27. The van der Waals surface area contributed by atoms with E-state index in [1.807, 2.05) is 6.92 Å². The summed E-state index contributed by atoms with van der Waals surface area (Å²) in [5, 5.41) is 3.17. The van der Waals surface area contributed by atoms with Crippen molar-refractivity contribution in [1.82, 2.24) is 10.0 Å². The maximum Gasteiger partial charge on any atom is 0.242 e. The average molecular weight is 416 g/mol. The van der Waals surface area contributed by atoms with Crippen LogP contribution in [0.2, 0.25) is 0 Å². The van der Waals surface area contributed by atoms with E-state index in [9.17, 15) is 12.8 Å². The molecule has 2 rings (SSSR count). The minimum absolute atomic E-state index is 0.0281. The SMILES string of the molecule is CC1CC(NS(=O)(=O)c2cc(Br)c(F)cc2Br)CN1. The second kappa shape index (κ2) is 5.77. The zero-order valence-electron chi connectivity index (χ0n) is 10.1. The molecule has 19 heavy (non-hydrogen) atoms. The number of rotatable bonds is 3. The average Bonchev–Trinajstić information content (AvgIpc) is 2.68. The van der Waals surface area contributed by atoms with Crippen molar-refractivity contribution in [1.29, 1.82) is 0 Å². The van der Waals surface area contributed by atoms with Gasteiger partial charge < -0.3 is 5.32 Å². The third-order valence-corrected chi connectivity index (χ3v) is 6.02. The first-order valence-electron chi connectivity index (χ1n) is 5.70. The lowest BCUT2D eigenvalue weighted by molar-refractivity contribution is 0.556. The van der Waals surface area contributed by atoms with Gasteiger partial charge in [0.2, 0.25) is 10.0 Å². The number of hydrogen-bond acceptors (Lipinski definition) is 3. The molecule has 0 amide bonds. The molecule has 0 bridgehead atoms. The molecular formula is C11H13Br2FN2O2S. The van der Waals surface area contributed by atoms with Gasteiger partial charge >= 0.3 is 0 Å². The van der Waals surface area contributed by atoms with Crippen molar-refractivity contribution in [3.05, 3.63) is 26.9 Å². The fraction of sp³-hybridized carbons (Fsp3) is 0.455. The smallest absolute Gasteiger partial charge is 0.242 e. The second-order valence-electron chi connectivity index (χ2n) is 4.56. The summed E-state index contributed by atoms with van der Waals surface area (Å²) in [7, 11) is -3.67. The molecule has 1 aliphatic rings. The van der Waals surface area contributed by atoms with Crippen LogP contribution in [0.15, 0.2) is 26.0 Å². The van der Waals surface area contributed by atoms with E-state index < -0.39 is 15.8 Å². The number of halogens is 3. The molecule has 1 heterocycles. The molecule has 8 heteroatoms. The van der Waals surface area contributed by atoms with Crippen LogP contribution in [-0.2, 0) is 10.0 Å². The van der Waals surface area contributed by atoms with Crippen molar-refractivity contribution >= 4 is 41.9 Å². The fourth-order valence-electron chi connectivity index (χ4n) is 2.02. The topological polar surface area (TPSA) is 58.2 Å². The van der Waals surface area contributed by atoms with Gasteiger partial charge in [-0.3, -0.25) is 0 Å². The molecule has 2 N–H and O–H groups in total. The Kier molecular flexibility index (Phi) is 4.67. The minimum Gasteiger partial charge on any atom is -0.313 e. The molecule has 1 saturated heterocycles. The van der Waals surface area contributed by atoms with Gasteiger partial charge in [0.1, 0.15) is 5.82 Å². The van der Waals surface area contributed by atoms with Gasteiger partial charge in [0.25, 0.3) is 0 Å². The molecule has 0 aliphatic carbocycles. The highest BCUT2D eigenvalue weighted by molar-refractivity contribution is 9.11. The molecule has 0 radical (unpaired) electrons.